The van der Waals surface area contributed by atoms with Crippen LogP contribution in [0, 0.1) is 0 Å². The lowest BCUT2D eigenvalue weighted by atomic mass is 10.2. The summed E-state index contributed by atoms with van der Waals surface area (Å²) in [6, 6.07) is 12.8. The molecule has 0 saturated heterocycles. The van der Waals surface area contributed by atoms with Crippen molar-refractivity contribution in [3.8, 4) is 28.6 Å². The smallest absolute Gasteiger partial charge is 0.319 e. The Bertz CT molecular complexity index is 953. The van der Waals surface area contributed by atoms with Crippen LogP contribution in [0.2, 0.25) is 0 Å². The molecular formula is C22H24N4O4. The molecule has 30 heavy (non-hydrogen) atoms. The van der Waals surface area contributed by atoms with Crippen LogP contribution in [0.4, 0.5) is 10.5 Å². The average molecular weight is 408 g/mol. The number of hydrogen-bond acceptors (Lipinski definition) is 6. The van der Waals surface area contributed by atoms with Crippen LogP contribution >= 0.6 is 0 Å². The molecule has 2 N–H and O–H groups in total. The van der Waals surface area contributed by atoms with Gasteiger partial charge in [0.2, 0.25) is 5.75 Å². The molecule has 0 aliphatic heterocycles. The maximum atomic E-state index is 12.2. The van der Waals surface area contributed by atoms with Crippen molar-refractivity contribution >= 4 is 11.7 Å². The minimum Gasteiger partial charge on any atom is -0.493 e. The minimum absolute atomic E-state index is 0.342. The molecule has 0 spiro atoms. The van der Waals surface area contributed by atoms with Gasteiger partial charge in [0.15, 0.2) is 17.3 Å². The molecule has 1 heterocycles. The molecule has 0 saturated carbocycles. The van der Waals surface area contributed by atoms with E-state index in [0.717, 1.165) is 11.1 Å². The number of nitrogens with zero attached hydrogens (tertiary/aromatic N) is 2. The van der Waals surface area contributed by atoms with Gasteiger partial charge in [0.25, 0.3) is 0 Å². The standard InChI is InChI=1S/C22H24N4O4/c1-28-18-11-17(12-19(29-2)20(18)30-3)26-22(27)23-10-9-15-13-24-21(25-14-15)16-7-5-4-6-8-16/h4-8,11-14H,9-10H2,1-3H3,(H2,23,26,27). The van der Waals surface area contributed by atoms with Crippen LogP contribution in [0.3, 0.4) is 0 Å². The third-order valence-electron chi connectivity index (χ3n) is 4.36. The van der Waals surface area contributed by atoms with Gasteiger partial charge < -0.3 is 24.8 Å². The molecule has 0 aliphatic rings. The Kier molecular flexibility index (Phi) is 7.05. The number of anilines is 1. The molecule has 0 atom stereocenters. The van der Waals surface area contributed by atoms with Crippen molar-refractivity contribution in [1.82, 2.24) is 15.3 Å². The zero-order chi connectivity index (χ0) is 21.3. The number of nitrogens with one attached hydrogen (secondary N) is 2. The summed E-state index contributed by atoms with van der Waals surface area (Å²) in [6.07, 6.45) is 4.15. The molecule has 1 aromatic heterocycles. The predicted molar refractivity (Wildman–Crippen MR) is 114 cm³/mol. The first-order chi connectivity index (χ1) is 14.6. The van der Waals surface area contributed by atoms with E-state index in [0.29, 0.717) is 41.7 Å². The fourth-order valence-electron chi connectivity index (χ4n) is 2.87. The topological polar surface area (TPSA) is 94.6 Å². The van der Waals surface area contributed by atoms with Crippen molar-refractivity contribution in [2.75, 3.05) is 33.2 Å². The first kappa shape index (κ1) is 20.9. The van der Waals surface area contributed by atoms with E-state index >= 15 is 0 Å². The highest BCUT2D eigenvalue weighted by Crippen LogP contribution is 2.39. The van der Waals surface area contributed by atoms with Gasteiger partial charge in [-0.3, -0.25) is 0 Å². The minimum atomic E-state index is -0.342. The fourth-order valence-corrected chi connectivity index (χ4v) is 2.87. The molecule has 0 fully saturated rings. The molecule has 3 aromatic rings. The fraction of sp³-hybridized carbons (Fsp3) is 0.227. The summed E-state index contributed by atoms with van der Waals surface area (Å²) >= 11 is 0. The third kappa shape index (κ3) is 5.16. The molecule has 0 bridgehead atoms. The lowest BCUT2D eigenvalue weighted by Gasteiger charge is -2.15. The number of methoxy groups -OCH3 is 3. The molecule has 0 unspecified atom stereocenters. The van der Waals surface area contributed by atoms with E-state index < -0.39 is 0 Å². The Hall–Kier alpha value is -3.81. The van der Waals surface area contributed by atoms with Gasteiger partial charge >= 0.3 is 6.03 Å². The van der Waals surface area contributed by atoms with Crippen LogP contribution in [0.5, 0.6) is 17.2 Å². The van der Waals surface area contributed by atoms with Crippen LogP contribution < -0.4 is 24.8 Å². The summed E-state index contributed by atoms with van der Waals surface area (Å²) in [7, 11) is 4.56. The molecule has 3 rings (SSSR count). The lowest BCUT2D eigenvalue weighted by molar-refractivity contribution is 0.252. The van der Waals surface area contributed by atoms with Gasteiger partial charge in [0.05, 0.1) is 27.0 Å². The second-order valence-corrected chi connectivity index (χ2v) is 6.33. The van der Waals surface area contributed by atoms with Gasteiger partial charge in [-0.05, 0) is 12.0 Å². The van der Waals surface area contributed by atoms with Gasteiger partial charge in [-0.15, -0.1) is 0 Å². The van der Waals surface area contributed by atoms with E-state index in [-0.39, 0.29) is 6.03 Å². The highest BCUT2D eigenvalue weighted by Gasteiger charge is 2.14. The monoisotopic (exact) mass is 408 g/mol. The molecule has 0 radical (unpaired) electrons. The molecule has 2 aromatic carbocycles. The number of carbonyl (C=O) groups excluding carboxylic acids is 1. The first-order valence-corrected chi connectivity index (χ1v) is 9.35. The van der Waals surface area contributed by atoms with E-state index in [9.17, 15) is 4.79 Å². The molecular weight excluding hydrogens is 384 g/mol. The van der Waals surface area contributed by atoms with Crippen molar-refractivity contribution < 1.29 is 19.0 Å². The Labute approximate surface area is 175 Å². The molecule has 0 aliphatic carbocycles. The molecule has 8 nitrogen and oxygen atoms in total. The summed E-state index contributed by atoms with van der Waals surface area (Å²) < 4.78 is 15.9. The van der Waals surface area contributed by atoms with Crippen molar-refractivity contribution in [3.05, 3.63) is 60.4 Å². The highest BCUT2D eigenvalue weighted by atomic mass is 16.5. The largest absolute Gasteiger partial charge is 0.493 e. The van der Waals surface area contributed by atoms with Crippen LogP contribution in [-0.4, -0.2) is 43.9 Å². The number of hydrogen-bond donors (Lipinski definition) is 2. The van der Waals surface area contributed by atoms with E-state index in [1.54, 1.807) is 24.5 Å². The number of aromatic nitrogens is 2. The van der Waals surface area contributed by atoms with Crippen LogP contribution in [-0.2, 0) is 6.42 Å². The maximum Gasteiger partial charge on any atom is 0.319 e. The van der Waals surface area contributed by atoms with Crippen molar-refractivity contribution in [3.63, 3.8) is 0 Å². The number of urea groups is 1. The normalized spacial score (nSPS) is 10.2. The molecule has 2 amide bonds. The van der Waals surface area contributed by atoms with Crippen LogP contribution in [0.25, 0.3) is 11.4 Å². The van der Waals surface area contributed by atoms with Crippen LogP contribution in [0.1, 0.15) is 5.56 Å². The van der Waals surface area contributed by atoms with Crippen molar-refractivity contribution in [2.45, 2.75) is 6.42 Å². The van der Waals surface area contributed by atoms with Crippen molar-refractivity contribution in [2.24, 2.45) is 0 Å². The second kappa shape index (κ2) is 10.1. The first-order valence-electron chi connectivity index (χ1n) is 9.35. The van der Waals surface area contributed by atoms with Crippen molar-refractivity contribution in [1.29, 1.82) is 0 Å². The predicted octanol–water partition coefficient (Wildman–Crippen LogP) is 3.53. The van der Waals surface area contributed by atoms with E-state index in [1.165, 1.54) is 21.3 Å². The molecule has 156 valence electrons. The van der Waals surface area contributed by atoms with E-state index in [4.69, 9.17) is 14.2 Å². The third-order valence-corrected chi connectivity index (χ3v) is 4.36. The maximum absolute atomic E-state index is 12.2. The summed E-state index contributed by atoms with van der Waals surface area (Å²) in [5.41, 5.74) is 2.42. The van der Waals surface area contributed by atoms with Gasteiger partial charge in [-0.25, -0.2) is 14.8 Å². The van der Waals surface area contributed by atoms with Gasteiger partial charge in [0, 0.05) is 36.6 Å². The van der Waals surface area contributed by atoms with E-state index in [2.05, 4.69) is 20.6 Å². The number of amides is 2. The second-order valence-electron chi connectivity index (χ2n) is 6.33. The van der Waals surface area contributed by atoms with Gasteiger partial charge in [-0.2, -0.15) is 0 Å². The van der Waals surface area contributed by atoms with Crippen LogP contribution in [0.15, 0.2) is 54.9 Å². The Morgan fingerprint density at radius 3 is 2.13 bits per heavy atom. The zero-order valence-corrected chi connectivity index (χ0v) is 17.1. The van der Waals surface area contributed by atoms with E-state index in [1.807, 2.05) is 30.3 Å². The average Bonchev–Trinajstić information content (AvgIpc) is 2.79. The Morgan fingerprint density at radius 1 is 0.933 bits per heavy atom. The summed E-state index contributed by atoms with van der Waals surface area (Å²) in [5.74, 6) is 2.06. The number of rotatable bonds is 8. The number of carbonyl (C=O) groups is 1. The summed E-state index contributed by atoms with van der Waals surface area (Å²) in [5, 5.41) is 5.57. The Morgan fingerprint density at radius 2 is 1.57 bits per heavy atom. The molecule has 8 heteroatoms. The highest BCUT2D eigenvalue weighted by molar-refractivity contribution is 5.90. The lowest BCUT2D eigenvalue weighted by Crippen LogP contribution is -2.30. The summed E-state index contributed by atoms with van der Waals surface area (Å²) in [4.78, 5) is 21.0. The summed E-state index contributed by atoms with van der Waals surface area (Å²) in [6.45, 7) is 0.435. The number of ether oxygens (including phenoxy) is 3. The van der Waals surface area contributed by atoms with Gasteiger partial charge in [-0.1, -0.05) is 30.3 Å². The zero-order valence-electron chi connectivity index (χ0n) is 17.1. The van der Waals surface area contributed by atoms with Gasteiger partial charge in [0.1, 0.15) is 0 Å². The number of benzene rings is 2. The SMILES string of the molecule is COc1cc(NC(=O)NCCc2cnc(-c3ccccc3)nc2)cc(OC)c1OC. The quantitative estimate of drug-likeness (QED) is 0.592. The Balaban J connectivity index is 1.54.